The smallest absolute Gasteiger partial charge is 0.339 e. The van der Waals surface area contributed by atoms with Crippen LogP contribution in [0, 0.1) is 6.92 Å². The van der Waals surface area contributed by atoms with E-state index in [-0.39, 0.29) is 17.5 Å². The third-order valence-electron chi connectivity index (χ3n) is 4.49. The van der Waals surface area contributed by atoms with Crippen LogP contribution >= 0.6 is 0 Å². The number of hydrogen-bond donors (Lipinski definition) is 0. The first kappa shape index (κ1) is 20.0. The number of carbonyl (C=O) groups excluding carboxylic acids is 1. The number of para-hydroxylation sites is 1. The predicted molar refractivity (Wildman–Crippen MR) is 105 cm³/mol. The Hall–Kier alpha value is -2.71. The lowest BCUT2D eigenvalue weighted by atomic mass is 10.0. The molecule has 1 aromatic carbocycles. The Balaban J connectivity index is 1.87. The van der Waals surface area contributed by atoms with Crippen LogP contribution in [0.4, 0.5) is 0 Å². The van der Waals surface area contributed by atoms with Crippen LogP contribution in [0.25, 0.3) is 10.9 Å². The van der Waals surface area contributed by atoms with Crippen molar-refractivity contribution in [2.75, 3.05) is 14.1 Å². The molecule has 2 aromatic heterocycles. The molecule has 0 unspecified atom stereocenters. The van der Waals surface area contributed by atoms with Crippen LogP contribution in [0.2, 0.25) is 0 Å². The van der Waals surface area contributed by atoms with E-state index in [9.17, 15) is 13.2 Å². The molecule has 0 saturated carbocycles. The number of sulfonamides is 1. The number of hydrogen-bond acceptors (Lipinski definition) is 6. The summed E-state index contributed by atoms with van der Waals surface area (Å²) in [7, 11) is -0.840. The highest BCUT2D eigenvalue weighted by atomic mass is 32.2. The number of aryl methyl sites for hydroxylation is 1. The van der Waals surface area contributed by atoms with Gasteiger partial charge in [-0.2, -0.15) is 0 Å². The summed E-state index contributed by atoms with van der Waals surface area (Å²) in [5.41, 5.74) is 2.81. The Morgan fingerprint density at radius 2 is 1.89 bits per heavy atom. The molecule has 0 aliphatic heterocycles. The topological polar surface area (TPSA) is 89.7 Å². The number of benzene rings is 1. The molecule has 7 nitrogen and oxygen atoms in total. The van der Waals surface area contributed by atoms with E-state index in [0.717, 1.165) is 26.5 Å². The Morgan fingerprint density at radius 1 is 1.18 bits per heavy atom. The molecule has 148 valence electrons. The lowest BCUT2D eigenvalue weighted by Crippen LogP contribution is -2.21. The van der Waals surface area contributed by atoms with Gasteiger partial charge in [0.1, 0.15) is 12.4 Å². The van der Waals surface area contributed by atoms with Crippen molar-refractivity contribution in [2.45, 2.75) is 32.0 Å². The molecule has 0 spiro atoms. The van der Waals surface area contributed by atoms with Gasteiger partial charge >= 0.3 is 5.97 Å². The highest BCUT2D eigenvalue weighted by molar-refractivity contribution is 7.88. The van der Waals surface area contributed by atoms with Gasteiger partial charge in [-0.3, -0.25) is 4.98 Å². The summed E-state index contributed by atoms with van der Waals surface area (Å²) in [4.78, 5) is 17.4. The fraction of sp³-hybridized carbons (Fsp3) is 0.300. The summed E-state index contributed by atoms with van der Waals surface area (Å²) in [6.45, 7) is 3.66. The number of aromatic nitrogens is 1. The van der Waals surface area contributed by atoms with Crippen molar-refractivity contribution in [3.63, 3.8) is 0 Å². The van der Waals surface area contributed by atoms with E-state index in [4.69, 9.17) is 9.15 Å². The molecule has 0 N–H and O–H groups in total. The summed E-state index contributed by atoms with van der Waals surface area (Å²) in [6.07, 6.45) is 0.695. The second-order valence-corrected chi connectivity index (χ2v) is 8.60. The average molecular weight is 402 g/mol. The largest absolute Gasteiger partial charge is 0.454 e. The first-order valence-electron chi connectivity index (χ1n) is 8.82. The third-order valence-corrected chi connectivity index (χ3v) is 6.18. The molecule has 0 saturated heterocycles. The number of ether oxygens (including phenoxy) is 1. The van der Waals surface area contributed by atoms with Crippen molar-refractivity contribution in [3.8, 4) is 0 Å². The van der Waals surface area contributed by atoms with Gasteiger partial charge in [0.25, 0.3) is 10.0 Å². The average Bonchev–Trinajstić information content (AvgIpc) is 3.15. The van der Waals surface area contributed by atoms with Gasteiger partial charge in [-0.1, -0.05) is 25.1 Å². The van der Waals surface area contributed by atoms with Gasteiger partial charge < -0.3 is 9.15 Å². The fourth-order valence-corrected chi connectivity index (χ4v) is 3.74. The molecule has 0 aliphatic rings. The molecule has 0 bridgehead atoms. The molecule has 3 rings (SSSR count). The van der Waals surface area contributed by atoms with E-state index in [0.29, 0.717) is 12.0 Å². The first-order valence-corrected chi connectivity index (χ1v) is 10.3. The first-order chi connectivity index (χ1) is 13.3. The number of carbonyl (C=O) groups is 1. The summed E-state index contributed by atoms with van der Waals surface area (Å²) in [5.74, 6) is -0.250. The van der Waals surface area contributed by atoms with Gasteiger partial charge in [0.05, 0.1) is 11.1 Å². The normalized spacial score (nSPS) is 11.9. The van der Waals surface area contributed by atoms with E-state index in [1.54, 1.807) is 0 Å². The lowest BCUT2D eigenvalue weighted by Gasteiger charge is -2.13. The van der Waals surface area contributed by atoms with E-state index in [2.05, 4.69) is 4.98 Å². The number of pyridine rings is 1. The standard InChI is InChI=1S/C20H22N2O5S/c1-5-16-13(2)19(15-8-6-7-9-17(15)21-16)20(23)26-12-14-10-11-18(27-14)28(24,25)22(3)4/h6-11H,5,12H2,1-4H3. The maximum atomic E-state index is 12.8. The minimum Gasteiger partial charge on any atom is -0.454 e. The Kier molecular flexibility index (Phi) is 5.53. The molecule has 28 heavy (non-hydrogen) atoms. The van der Waals surface area contributed by atoms with E-state index in [1.807, 2.05) is 38.1 Å². The van der Waals surface area contributed by atoms with Crippen LogP contribution in [0.3, 0.4) is 0 Å². The SMILES string of the molecule is CCc1nc2ccccc2c(C(=O)OCc2ccc(S(=O)(=O)N(C)C)o2)c1C. The van der Waals surface area contributed by atoms with Crippen LogP contribution < -0.4 is 0 Å². The zero-order valence-corrected chi connectivity index (χ0v) is 17.0. The monoisotopic (exact) mass is 402 g/mol. The Morgan fingerprint density at radius 3 is 2.57 bits per heavy atom. The molecule has 0 atom stereocenters. The number of rotatable bonds is 6. The van der Waals surface area contributed by atoms with Crippen LogP contribution in [-0.2, 0) is 27.8 Å². The number of furan rings is 1. The summed E-state index contributed by atoms with van der Waals surface area (Å²) >= 11 is 0. The van der Waals surface area contributed by atoms with Gasteiger partial charge in [0.2, 0.25) is 5.09 Å². The molecule has 0 radical (unpaired) electrons. The molecule has 8 heteroatoms. The van der Waals surface area contributed by atoms with Crippen molar-refractivity contribution >= 4 is 26.9 Å². The van der Waals surface area contributed by atoms with Crippen LogP contribution in [0.15, 0.2) is 45.9 Å². The Bertz CT molecular complexity index is 1130. The van der Waals surface area contributed by atoms with Gasteiger partial charge in [0, 0.05) is 25.2 Å². The minimum atomic E-state index is -3.67. The minimum absolute atomic E-state index is 0.167. The van der Waals surface area contributed by atoms with E-state index >= 15 is 0 Å². The number of fused-ring (bicyclic) bond motifs is 1. The third kappa shape index (κ3) is 3.65. The molecule has 0 amide bonds. The van der Waals surface area contributed by atoms with Crippen LogP contribution in [-0.4, -0.2) is 37.8 Å². The van der Waals surface area contributed by atoms with Crippen LogP contribution in [0.1, 0.15) is 34.3 Å². The Labute approximate surface area is 164 Å². The fourth-order valence-electron chi connectivity index (χ4n) is 2.93. The van der Waals surface area contributed by atoms with Crippen molar-refractivity contribution in [3.05, 3.63) is 59.0 Å². The molecule has 3 aromatic rings. The highest BCUT2D eigenvalue weighted by Gasteiger charge is 2.23. The maximum absolute atomic E-state index is 12.8. The molecular weight excluding hydrogens is 380 g/mol. The van der Waals surface area contributed by atoms with Gasteiger partial charge in [0.15, 0.2) is 0 Å². The summed E-state index contributed by atoms with van der Waals surface area (Å²) in [6, 6.07) is 10.2. The van der Waals surface area contributed by atoms with Crippen LogP contribution in [0.5, 0.6) is 0 Å². The van der Waals surface area contributed by atoms with Crippen molar-refractivity contribution in [1.82, 2.24) is 9.29 Å². The highest BCUT2D eigenvalue weighted by Crippen LogP contribution is 2.25. The number of nitrogens with zero attached hydrogens (tertiary/aromatic N) is 2. The molecule has 0 aliphatic carbocycles. The second kappa shape index (κ2) is 7.73. The van der Waals surface area contributed by atoms with Gasteiger partial charge in [-0.15, -0.1) is 0 Å². The predicted octanol–water partition coefficient (Wildman–Crippen LogP) is 3.31. The second-order valence-electron chi connectivity index (χ2n) is 6.51. The summed E-state index contributed by atoms with van der Waals surface area (Å²) < 4.78 is 36.0. The zero-order chi connectivity index (χ0) is 20.5. The van der Waals surface area contributed by atoms with E-state index < -0.39 is 16.0 Å². The quantitative estimate of drug-likeness (QED) is 0.588. The van der Waals surface area contributed by atoms with Crippen molar-refractivity contribution in [2.24, 2.45) is 0 Å². The van der Waals surface area contributed by atoms with Gasteiger partial charge in [-0.05, 0) is 37.1 Å². The maximum Gasteiger partial charge on any atom is 0.339 e. The molecular formula is C20H22N2O5S. The molecule has 2 heterocycles. The summed E-state index contributed by atoms with van der Waals surface area (Å²) in [5, 5.41) is 0.528. The molecule has 0 fully saturated rings. The van der Waals surface area contributed by atoms with Crippen molar-refractivity contribution in [1.29, 1.82) is 0 Å². The van der Waals surface area contributed by atoms with Crippen molar-refractivity contribution < 1.29 is 22.4 Å². The van der Waals surface area contributed by atoms with E-state index in [1.165, 1.54) is 26.2 Å². The van der Waals surface area contributed by atoms with Gasteiger partial charge in [-0.25, -0.2) is 17.5 Å². The zero-order valence-electron chi connectivity index (χ0n) is 16.2. The lowest BCUT2D eigenvalue weighted by molar-refractivity contribution is 0.0442. The number of esters is 1.